The second-order valence-electron chi connectivity index (χ2n) is 4.21. The minimum absolute atomic E-state index is 0.0918. The summed E-state index contributed by atoms with van der Waals surface area (Å²) < 4.78 is 5.62. The molecule has 0 radical (unpaired) electrons. The van der Waals surface area contributed by atoms with Crippen LogP contribution in [0.5, 0.6) is 11.5 Å². The Morgan fingerprint density at radius 2 is 1.58 bits per heavy atom. The highest BCUT2D eigenvalue weighted by Crippen LogP contribution is 2.29. The molecule has 0 saturated carbocycles. The van der Waals surface area contributed by atoms with Crippen molar-refractivity contribution in [2.24, 2.45) is 0 Å². The lowest BCUT2D eigenvalue weighted by atomic mass is 10.1. The molecule has 3 aromatic rings. The molecule has 0 saturated heterocycles. The van der Waals surface area contributed by atoms with Gasteiger partial charge in [-0.05, 0) is 24.3 Å². The largest absolute Gasteiger partial charge is 0.508 e. The third kappa shape index (κ3) is 2.04. The second-order valence-corrected chi connectivity index (χ2v) is 4.21. The van der Waals surface area contributed by atoms with Gasteiger partial charge < -0.3 is 14.6 Å². The van der Waals surface area contributed by atoms with Crippen molar-refractivity contribution in [1.82, 2.24) is 0 Å². The molecule has 19 heavy (non-hydrogen) atoms. The van der Waals surface area contributed by atoms with Crippen molar-refractivity contribution in [2.75, 3.05) is 0 Å². The Morgan fingerprint density at radius 3 is 2.32 bits per heavy atom. The van der Waals surface area contributed by atoms with Gasteiger partial charge in [-0.25, -0.2) is 0 Å². The minimum Gasteiger partial charge on any atom is -0.508 e. The average Bonchev–Trinajstić information content (AvgIpc) is 2.37. The molecule has 0 spiro atoms. The smallest absolute Gasteiger partial charge is 0.193 e. The van der Waals surface area contributed by atoms with E-state index in [4.69, 9.17) is 4.42 Å². The van der Waals surface area contributed by atoms with Crippen LogP contribution in [0.2, 0.25) is 0 Å². The summed E-state index contributed by atoms with van der Waals surface area (Å²) in [5.74, 6) is 0.117. The van der Waals surface area contributed by atoms with Gasteiger partial charge in [-0.1, -0.05) is 12.1 Å². The molecule has 2 N–H and O–H groups in total. The van der Waals surface area contributed by atoms with Crippen LogP contribution in [0.1, 0.15) is 0 Å². The van der Waals surface area contributed by atoms with Gasteiger partial charge in [-0.15, -0.1) is 0 Å². The van der Waals surface area contributed by atoms with E-state index in [0.717, 1.165) is 0 Å². The normalized spacial score (nSPS) is 10.7. The maximum Gasteiger partial charge on any atom is 0.193 e. The molecular formula is C15H10O4. The third-order valence-corrected chi connectivity index (χ3v) is 2.82. The molecule has 2 aromatic carbocycles. The monoisotopic (exact) mass is 254 g/mol. The van der Waals surface area contributed by atoms with Crippen molar-refractivity contribution in [3.05, 3.63) is 58.8 Å². The maximum atomic E-state index is 12.0. The van der Waals surface area contributed by atoms with Crippen LogP contribution in [-0.4, -0.2) is 10.2 Å². The van der Waals surface area contributed by atoms with Crippen LogP contribution in [-0.2, 0) is 0 Å². The third-order valence-electron chi connectivity index (χ3n) is 2.82. The number of phenolic OH excluding ortho intramolecular Hbond substituents is 2. The SMILES string of the molecule is O=c1cc(-c2cc(O)cc(O)c2)oc2ccccc12. The standard InChI is InChI=1S/C15H10O4/c16-10-5-9(6-11(17)7-10)15-8-13(18)12-3-1-2-4-14(12)19-15/h1-8,16-17H. The second kappa shape index (κ2) is 4.17. The van der Waals surface area contributed by atoms with E-state index in [0.29, 0.717) is 22.3 Å². The zero-order chi connectivity index (χ0) is 13.4. The highest BCUT2D eigenvalue weighted by Gasteiger charge is 2.08. The molecule has 3 rings (SSSR count). The first-order valence-corrected chi connectivity index (χ1v) is 5.70. The summed E-state index contributed by atoms with van der Waals surface area (Å²) in [5.41, 5.74) is 0.743. The van der Waals surface area contributed by atoms with Crippen LogP contribution in [0.15, 0.2) is 57.7 Å². The number of aromatic hydroxyl groups is 2. The van der Waals surface area contributed by atoms with Gasteiger partial charge in [-0.3, -0.25) is 4.79 Å². The van der Waals surface area contributed by atoms with Gasteiger partial charge in [0.1, 0.15) is 22.8 Å². The molecule has 4 nitrogen and oxygen atoms in total. The lowest BCUT2D eigenvalue weighted by Crippen LogP contribution is -1.99. The van der Waals surface area contributed by atoms with E-state index < -0.39 is 0 Å². The highest BCUT2D eigenvalue weighted by atomic mass is 16.3. The maximum absolute atomic E-state index is 12.0. The van der Waals surface area contributed by atoms with Gasteiger partial charge in [0.05, 0.1) is 5.39 Å². The molecule has 0 bridgehead atoms. The number of hydrogen-bond donors (Lipinski definition) is 2. The fourth-order valence-corrected chi connectivity index (χ4v) is 1.98. The van der Waals surface area contributed by atoms with Gasteiger partial charge >= 0.3 is 0 Å². The van der Waals surface area contributed by atoms with E-state index in [1.165, 1.54) is 24.3 Å². The fourth-order valence-electron chi connectivity index (χ4n) is 1.98. The number of fused-ring (bicyclic) bond motifs is 1. The number of hydrogen-bond acceptors (Lipinski definition) is 4. The summed E-state index contributed by atoms with van der Waals surface area (Å²) in [7, 11) is 0. The van der Waals surface area contributed by atoms with Crippen molar-refractivity contribution in [3.63, 3.8) is 0 Å². The van der Waals surface area contributed by atoms with Crippen LogP contribution < -0.4 is 5.43 Å². The molecule has 1 aromatic heterocycles. The first kappa shape index (κ1) is 11.3. The van der Waals surface area contributed by atoms with E-state index in [2.05, 4.69) is 0 Å². The first-order chi connectivity index (χ1) is 9.13. The van der Waals surface area contributed by atoms with Crippen molar-refractivity contribution < 1.29 is 14.6 Å². The fraction of sp³-hybridized carbons (Fsp3) is 0. The number of phenols is 2. The Bertz CT molecular complexity index is 797. The van der Waals surface area contributed by atoms with Crippen LogP contribution in [0.25, 0.3) is 22.3 Å². The molecule has 0 amide bonds. The summed E-state index contributed by atoms with van der Waals surface area (Å²) in [6, 6.07) is 12.3. The Kier molecular flexibility index (Phi) is 2.49. The van der Waals surface area contributed by atoms with E-state index in [-0.39, 0.29) is 16.9 Å². The van der Waals surface area contributed by atoms with Crippen LogP contribution in [0.3, 0.4) is 0 Å². The Balaban J connectivity index is 2.28. The van der Waals surface area contributed by atoms with E-state index in [1.807, 2.05) is 0 Å². The zero-order valence-corrected chi connectivity index (χ0v) is 9.83. The topological polar surface area (TPSA) is 70.7 Å². The van der Waals surface area contributed by atoms with Crippen LogP contribution in [0.4, 0.5) is 0 Å². The minimum atomic E-state index is -0.167. The summed E-state index contributed by atoms with van der Waals surface area (Å²) in [5, 5.41) is 19.4. The summed E-state index contributed by atoms with van der Waals surface area (Å²) in [4.78, 5) is 12.0. The molecule has 0 fully saturated rings. The number of rotatable bonds is 1. The van der Waals surface area contributed by atoms with Gasteiger partial charge in [0.2, 0.25) is 0 Å². The van der Waals surface area contributed by atoms with E-state index in [9.17, 15) is 15.0 Å². The lowest BCUT2D eigenvalue weighted by Gasteiger charge is -2.04. The van der Waals surface area contributed by atoms with Gasteiger partial charge in [0.25, 0.3) is 0 Å². The Labute approximate surface area is 108 Å². The first-order valence-electron chi connectivity index (χ1n) is 5.70. The van der Waals surface area contributed by atoms with Crippen molar-refractivity contribution in [1.29, 1.82) is 0 Å². The molecule has 0 atom stereocenters. The van der Waals surface area contributed by atoms with Crippen molar-refractivity contribution in [2.45, 2.75) is 0 Å². The summed E-state index contributed by atoms with van der Waals surface area (Å²) in [6.45, 7) is 0. The predicted molar refractivity (Wildman–Crippen MR) is 71.2 cm³/mol. The summed E-state index contributed by atoms with van der Waals surface area (Å²) in [6.07, 6.45) is 0. The molecule has 0 aliphatic rings. The highest BCUT2D eigenvalue weighted by molar-refractivity contribution is 5.78. The predicted octanol–water partition coefficient (Wildman–Crippen LogP) is 2.87. The van der Waals surface area contributed by atoms with E-state index >= 15 is 0 Å². The molecule has 1 heterocycles. The number of para-hydroxylation sites is 1. The lowest BCUT2D eigenvalue weighted by molar-refractivity contribution is 0.450. The average molecular weight is 254 g/mol. The Morgan fingerprint density at radius 1 is 0.895 bits per heavy atom. The molecular weight excluding hydrogens is 244 g/mol. The van der Waals surface area contributed by atoms with Gasteiger partial charge in [-0.2, -0.15) is 0 Å². The Hall–Kier alpha value is -2.75. The van der Waals surface area contributed by atoms with Gasteiger partial charge in [0.15, 0.2) is 5.43 Å². The van der Waals surface area contributed by atoms with E-state index in [1.54, 1.807) is 24.3 Å². The van der Waals surface area contributed by atoms with Crippen molar-refractivity contribution in [3.8, 4) is 22.8 Å². The van der Waals surface area contributed by atoms with Crippen LogP contribution >= 0.6 is 0 Å². The van der Waals surface area contributed by atoms with Gasteiger partial charge in [0, 0.05) is 17.7 Å². The van der Waals surface area contributed by atoms with Crippen LogP contribution in [0, 0.1) is 0 Å². The summed E-state index contributed by atoms with van der Waals surface area (Å²) >= 11 is 0. The zero-order valence-electron chi connectivity index (χ0n) is 9.83. The molecule has 0 aliphatic heterocycles. The molecule has 0 aliphatic carbocycles. The van der Waals surface area contributed by atoms with Crippen molar-refractivity contribution >= 4 is 11.0 Å². The molecule has 94 valence electrons. The molecule has 0 unspecified atom stereocenters. The molecule has 4 heteroatoms. The quantitative estimate of drug-likeness (QED) is 0.700. The number of benzene rings is 2.